The van der Waals surface area contributed by atoms with Crippen LogP contribution in [-0.4, -0.2) is 26.2 Å². The molecular formula is C10H18O4. The molecule has 4 nitrogen and oxygen atoms in total. The van der Waals surface area contributed by atoms with Crippen LogP contribution in [0.15, 0.2) is 0 Å². The van der Waals surface area contributed by atoms with Crippen molar-refractivity contribution in [3.05, 3.63) is 0 Å². The van der Waals surface area contributed by atoms with Crippen molar-refractivity contribution in [3.8, 4) is 0 Å². The van der Waals surface area contributed by atoms with Gasteiger partial charge in [0.25, 0.3) is 0 Å². The first-order valence-corrected chi connectivity index (χ1v) is 4.67. The lowest BCUT2D eigenvalue weighted by Crippen LogP contribution is -2.22. The maximum Gasteiger partial charge on any atom is 0.308 e. The average molecular weight is 202 g/mol. The fourth-order valence-corrected chi connectivity index (χ4v) is 1.25. The van der Waals surface area contributed by atoms with Crippen molar-refractivity contribution in [1.82, 2.24) is 0 Å². The SMILES string of the molecule is COC(=O)CC[C@H](C(=O)OC)C(C)C. The van der Waals surface area contributed by atoms with E-state index in [4.69, 9.17) is 0 Å². The van der Waals surface area contributed by atoms with E-state index >= 15 is 0 Å². The Kier molecular flexibility index (Phi) is 5.92. The maximum absolute atomic E-state index is 11.3. The lowest BCUT2D eigenvalue weighted by molar-refractivity contribution is -0.148. The van der Waals surface area contributed by atoms with Gasteiger partial charge in [0.2, 0.25) is 0 Å². The van der Waals surface area contributed by atoms with Gasteiger partial charge in [-0.15, -0.1) is 0 Å². The molecule has 0 amide bonds. The van der Waals surface area contributed by atoms with Crippen LogP contribution < -0.4 is 0 Å². The van der Waals surface area contributed by atoms with E-state index in [1.54, 1.807) is 0 Å². The second kappa shape index (κ2) is 6.40. The number of methoxy groups -OCH3 is 2. The Hall–Kier alpha value is -1.06. The Balaban J connectivity index is 4.11. The van der Waals surface area contributed by atoms with Gasteiger partial charge in [-0.2, -0.15) is 0 Å². The van der Waals surface area contributed by atoms with E-state index in [0.29, 0.717) is 6.42 Å². The van der Waals surface area contributed by atoms with Crippen molar-refractivity contribution in [1.29, 1.82) is 0 Å². The molecule has 0 saturated heterocycles. The van der Waals surface area contributed by atoms with Crippen molar-refractivity contribution >= 4 is 11.9 Å². The molecule has 0 aliphatic heterocycles. The summed E-state index contributed by atoms with van der Waals surface area (Å²) in [6, 6.07) is 0. The summed E-state index contributed by atoms with van der Waals surface area (Å²) < 4.78 is 9.15. The number of rotatable bonds is 5. The van der Waals surface area contributed by atoms with Crippen LogP contribution in [0, 0.1) is 11.8 Å². The van der Waals surface area contributed by atoms with Crippen LogP contribution in [-0.2, 0) is 19.1 Å². The second-order valence-corrected chi connectivity index (χ2v) is 3.49. The number of ether oxygens (including phenoxy) is 2. The van der Waals surface area contributed by atoms with Gasteiger partial charge in [-0.05, 0) is 12.3 Å². The molecule has 0 bridgehead atoms. The molecule has 0 N–H and O–H groups in total. The quantitative estimate of drug-likeness (QED) is 0.632. The molecule has 82 valence electrons. The summed E-state index contributed by atoms with van der Waals surface area (Å²) >= 11 is 0. The summed E-state index contributed by atoms with van der Waals surface area (Å²) in [5, 5.41) is 0. The zero-order valence-corrected chi connectivity index (χ0v) is 9.20. The van der Waals surface area contributed by atoms with E-state index in [9.17, 15) is 9.59 Å². The number of hydrogen-bond acceptors (Lipinski definition) is 4. The molecule has 0 aromatic heterocycles. The van der Waals surface area contributed by atoms with Gasteiger partial charge in [-0.3, -0.25) is 9.59 Å². The molecule has 0 rings (SSSR count). The molecule has 14 heavy (non-hydrogen) atoms. The largest absolute Gasteiger partial charge is 0.469 e. The lowest BCUT2D eigenvalue weighted by atomic mass is 9.91. The molecule has 4 heteroatoms. The van der Waals surface area contributed by atoms with Gasteiger partial charge in [-0.1, -0.05) is 13.8 Å². The molecule has 1 atom stereocenters. The van der Waals surface area contributed by atoms with E-state index in [1.165, 1.54) is 14.2 Å². The highest BCUT2D eigenvalue weighted by atomic mass is 16.5. The van der Waals surface area contributed by atoms with Gasteiger partial charge in [0.1, 0.15) is 0 Å². The Bertz CT molecular complexity index is 198. The van der Waals surface area contributed by atoms with Gasteiger partial charge in [-0.25, -0.2) is 0 Å². The normalized spacial score (nSPS) is 12.4. The summed E-state index contributed by atoms with van der Waals surface area (Å²) in [7, 11) is 2.70. The molecule has 0 saturated carbocycles. The van der Waals surface area contributed by atoms with Crippen LogP contribution in [0.4, 0.5) is 0 Å². The molecule has 0 spiro atoms. The van der Waals surface area contributed by atoms with Gasteiger partial charge >= 0.3 is 11.9 Å². The zero-order valence-electron chi connectivity index (χ0n) is 9.20. The average Bonchev–Trinajstić information content (AvgIpc) is 2.16. The topological polar surface area (TPSA) is 52.6 Å². The number of hydrogen-bond donors (Lipinski definition) is 0. The molecule has 0 radical (unpaired) electrons. The highest BCUT2D eigenvalue weighted by Gasteiger charge is 2.23. The van der Waals surface area contributed by atoms with Crippen LogP contribution in [0.2, 0.25) is 0 Å². The van der Waals surface area contributed by atoms with Crippen molar-refractivity contribution in [2.75, 3.05) is 14.2 Å². The van der Waals surface area contributed by atoms with Gasteiger partial charge in [0.05, 0.1) is 20.1 Å². The third-order valence-corrected chi connectivity index (χ3v) is 2.20. The molecule has 0 aromatic carbocycles. The van der Waals surface area contributed by atoms with Crippen LogP contribution >= 0.6 is 0 Å². The minimum Gasteiger partial charge on any atom is -0.469 e. The van der Waals surface area contributed by atoms with E-state index in [-0.39, 0.29) is 30.2 Å². The van der Waals surface area contributed by atoms with Crippen molar-refractivity contribution in [2.24, 2.45) is 11.8 Å². The highest BCUT2D eigenvalue weighted by molar-refractivity contribution is 5.74. The summed E-state index contributed by atoms with van der Waals surface area (Å²) in [6.45, 7) is 3.86. The molecule has 0 aliphatic rings. The maximum atomic E-state index is 11.3. The minimum atomic E-state index is -0.292. The third-order valence-electron chi connectivity index (χ3n) is 2.20. The first-order valence-electron chi connectivity index (χ1n) is 4.67. The van der Waals surface area contributed by atoms with Crippen LogP contribution in [0.5, 0.6) is 0 Å². The standard InChI is InChI=1S/C10H18O4/c1-7(2)8(10(12)14-4)5-6-9(11)13-3/h7-8H,5-6H2,1-4H3/t8-/m0/s1. The molecule has 0 heterocycles. The number of esters is 2. The second-order valence-electron chi connectivity index (χ2n) is 3.49. The van der Waals surface area contributed by atoms with Crippen LogP contribution in [0.1, 0.15) is 26.7 Å². The van der Waals surface area contributed by atoms with Gasteiger partial charge < -0.3 is 9.47 Å². The lowest BCUT2D eigenvalue weighted by Gasteiger charge is -2.17. The smallest absolute Gasteiger partial charge is 0.308 e. The molecule has 0 aliphatic carbocycles. The van der Waals surface area contributed by atoms with Crippen LogP contribution in [0.25, 0.3) is 0 Å². The van der Waals surface area contributed by atoms with Crippen molar-refractivity contribution in [2.45, 2.75) is 26.7 Å². The summed E-state index contributed by atoms with van der Waals surface area (Å²) in [5.41, 5.74) is 0. The monoisotopic (exact) mass is 202 g/mol. The van der Waals surface area contributed by atoms with E-state index in [1.807, 2.05) is 13.8 Å². The first-order chi connectivity index (χ1) is 6.52. The zero-order chi connectivity index (χ0) is 11.1. The number of carbonyl (C=O) groups excluding carboxylic acids is 2. The molecule has 0 aromatic rings. The Labute approximate surface area is 84.6 Å². The van der Waals surface area contributed by atoms with Crippen molar-refractivity contribution in [3.63, 3.8) is 0 Å². The predicted molar refractivity (Wildman–Crippen MR) is 51.6 cm³/mol. The first kappa shape index (κ1) is 12.9. The van der Waals surface area contributed by atoms with E-state index in [2.05, 4.69) is 9.47 Å². The van der Waals surface area contributed by atoms with Gasteiger partial charge in [0.15, 0.2) is 0 Å². The van der Waals surface area contributed by atoms with E-state index in [0.717, 1.165) is 0 Å². The minimum absolute atomic E-state index is 0.173. The fourth-order valence-electron chi connectivity index (χ4n) is 1.25. The molecule has 0 fully saturated rings. The van der Waals surface area contributed by atoms with Crippen LogP contribution in [0.3, 0.4) is 0 Å². The van der Waals surface area contributed by atoms with Gasteiger partial charge in [0, 0.05) is 6.42 Å². The fraction of sp³-hybridized carbons (Fsp3) is 0.800. The Morgan fingerprint density at radius 2 is 1.71 bits per heavy atom. The summed E-state index contributed by atoms with van der Waals surface area (Å²) in [6.07, 6.45) is 0.742. The molecular weight excluding hydrogens is 184 g/mol. The number of carbonyl (C=O) groups is 2. The highest BCUT2D eigenvalue weighted by Crippen LogP contribution is 2.18. The summed E-state index contributed by atoms with van der Waals surface area (Å²) in [4.78, 5) is 22.2. The van der Waals surface area contributed by atoms with Crippen molar-refractivity contribution < 1.29 is 19.1 Å². The van der Waals surface area contributed by atoms with E-state index < -0.39 is 0 Å². The Morgan fingerprint density at radius 3 is 2.07 bits per heavy atom. The predicted octanol–water partition coefficient (Wildman–Crippen LogP) is 1.38. The summed E-state index contributed by atoms with van der Waals surface area (Å²) in [5.74, 6) is -0.602. The molecule has 0 unspecified atom stereocenters. The Morgan fingerprint density at radius 1 is 1.14 bits per heavy atom. The third kappa shape index (κ3) is 4.25.